The van der Waals surface area contributed by atoms with Crippen molar-refractivity contribution < 1.29 is 13.2 Å². The molecular weight excluding hydrogens is 380 g/mol. The quantitative estimate of drug-likeness (QED) is 0.349. The predicted octanol–water partition coefficient (Wildman–Crippen LogP) is 3.64. The topological polar surface area (TPSA) is 66.5 Å². The minimum Gasteiger partial charge on any atom is -0.354 e. The number of sulfonamides is 1. The van der Waals surface area contributed by atoms with Gasteiger partial charge in [0.15, 0.2) is 0 Å². The van der Waals surface area contributed by atoms with Crippen LogP contribution >= 0.6 is 15.9 Å². The molecule has 0 rings (SSSR count). The van der Waals surface area contributed by atoms with Gasteiger partial charge in [-0.2, -0.15) is 0 Å². The summed E-state index contributed by atoms with van der Waals surface area (Å²) in [5, 5.41) is 2.71. The molecule has 23 heavy (non-hydrogen) atoms. The van der Waals surface area contributed by atoms with Crippen LogP contribution in [0.2, 0.25) is 0 Å². The minimum absolute atomic E-state index is 0.0715. The second-order valence-corrected chi connectivity index (χ2v) is 9.54. The number of nitrogens with zero attached hydrogens (tertiary/aromatic N) is 1. The molecule has 0 spiro atoms. The summed E-state index contributed by atoms with van der Waals surface area (Å²) in [6, 6.07) is 0. The molecular formula is C16H33BrN2O3S. The summed E-state index contributed by atoms with van der Waals surface area (Å²) in [6.45, 7) is 6.79. The van der Waals surface area contributed by atoms with Crippen molar-refractivity contribution in [1.29, 1.82) is 0 Å². The number of nitrogens with one attached hydrogen (secondary N) is 1. The Bertz CT molecular complexity index is 412. The SMILES string of the molecule is CCCCCCCCCC(=O)NCC(Br)S(=O)(=O)N(CC)CC. The largest absolute Gasteiger partial charge is 0.354 e. The van der Waals surface area contributed by atoms with Crippen LogP contribution in [0.4, 0.5) is 0 Å². The number of carbonyl (C=O) groups is 1. The Morgan fingerprint density at radius 3 is 2.04 bits per heavy atom. The van der Waals surface area contributed by atoms with Crippen LogP contribution in [0.15, 0.2) is 0 Å². The van der Waals surface area contributed by atoms with Crippen molar-refractivity contribution in [2.24, 2.45) is 0 Å². The molecule has 0 bridgehead atoms. The summed E-state index contributed by atoms with van der Waals surface area (Å²) in [7, 11) is -3.40. The van der Waals surface area contributed by atoms with Gasteiger partial charge in [-0.3, -0.25) is 4.79 Å². The van der Waals surface area contributed by atoms with E-state index in [-0.39, 0.29) is 12.5 Å². The van der Waals surface area contributed by atoms with E-state index in [9.17, 15) is 13.2 Å². The van der Waals surface area contributed by atoms with Gasteiger partial charge in [0, 0.05) is 26.1 Å². The summed E-state index contributed by atoms with van der Waals surface area (Å²) in [5.41, 5.74) is 0. The van der Waals surface area contributed by atoms with Crippen molar-refractivity contribution in [1.82, 2.24) is 9.62 Å². The first-order chi connectivity index (χ1) is 10.9. The van der Waals surface area contributed by atoms with Crippen LogP contribution in [0.5, 0.6) is 0 Å². The Morgan fingerprint density at radius 1 is 1.00 bits per heavy atom. The van der Waals surface area contributed by atoms with Gasteiger partial charge < -0.3 is 5.32 Å². The summed E-state index contributed by atoms with van der Waals surface area (Å²) in [6.07, 6.45) is 8.61. The van der Waals surface area contributed by atoms with Crippen LogP contribution in [0, 0.1) is 0 Å². The van der Waals surface area contributed by atoms with Crippen LogP contribution in [0.3, 0.4) is 0 Å². The molecule has 1 atom stereocenters. The third kappa shape index (κ3) is 9.67. The van der Waals surface area contributed by atoms with E-state index in [0.29, 0.717) is 19.5 Å². The number of hydrogen-bond donors (Lipinski definition) is 1. The van der Waals surface area contributed by atoms with Crippen LogP contribution in [-0.2, 0) is 14.8 Å². The fraction of sp³-hybridized carbons (Fsp3) is 0.938. The van der Waals surface area contributed by atoms with Gasteiger partial charge in [-0.1, -0.05) is 75.2 Å². The third-order valence-electron chi connectivity index (χ3n) is 3.86. The van der Waals surface area contributed by atoms with E-state index in [2.05, 4.69) is 28.2 Å². The highest BCUT2D eigenvalue weighted by Crippen LogP contribution is 2.14. The lowest BCUT2D eigenvalue weighted by Crippen LogP contribution is -2.41. The summed E-state index contributed by atoms with van der Waals surface area (Å²) in [4.78, 5) is 11.8. The van der Waals surface area contributed by atoms with Crippen molar-refractivity contribution in [3.05, 3.63) is 0 Å². The number of rotatable bonds is 14. The molecule has 0 aromatic carbocycles. The van der Waals surface area contributed by atoms with Crippen molar-refractivity contribution in [3.8, 4) is 0 Å². The van der Waals surface area contributed by atoms with Gasteiger partial charge in [-0.05, 0) is 6.42 Å². The van der Waals surface area contributed by atoms with Gasteiger partial charge in [-0.25, -0.2) is 12.7 Å². The molecule has 7 heteroatoms. The first kappa shape index (κ1) is 22.9. The average molecular weight is 413 g/mol. The molecule has 0 aliphatic rings. The lowest BCUT2D eigenvalue weighted by Gasteiger charge is -2.22. The van der Waals surface area contributed by atoms with Gasteiger partial charge in [0.05, 0.1) is 0 Å². The monoisotopic (exact) mass is 412 g/mol. The maximum atomic E-state index is 12.2. The van der Waals surface area contributed by atoms with E-state index in [1.54, 1.807) is 13.8 Å². The molecule has 138 valence electrons. The highest BCUT2D eigenvalue weighted by Gasteiger charge is 2.28. The Kier molecular flexibility index (Phi) is 13.1. The molecule has 1 unspecified atom stereocenters. The number of halogens is 1. The third-order valence-corrected chi connectivity index (χ3v) is 7.65. The molecule has 0 aromatic rings. The molecule has 0 aromatic heterocycles. The van der Waals surface area contributed by atoms with Gasteiger partial charge >= 0.3 is 0 Å². The lowest BCUT2D eigenvalue weighted by molar-refractivity contribution is -0.121. The van der Waals surface area contributed by atoms with E-state index in [4.69, 9.17) is 0 Å². The fourth-order valence-corrected chi connectivity index (χ4v) is 4.58. The van der Waals surface area contributed by atoms with E-state index in [1.165, 1.54) is 36.4 Å². The van der Waals surface area contributed by atoms with Crippen molar-refractivity contribution in [2.45, 2.75) is 76.3 Å². The minimum atomic E-state index is -3.40. The molecule has 0 aliphatic heterocycles. The molecule has 0 saturated heterocycles. The van der Waals surface area contributed by atoms with Crippen LogP contribution in [-0.4, -0.2) is 42.4 Å². The van der Waals surface area contributed by atoms with E-state index in [0.717, 1.165) is 12.8 Å². The Balaban J connectivity index is 3.92. The highest BCUT2D eigenvalue weighted by atomic mass is 79.9. The standard InChI is InChI=1S/C16H33BrN2O3S/c1-4-7-8-9-10-11-12-13-16(20)18-14-15(17)23(21,22)19(5-2)6-3/h15H,4-14H2,1-3H3,(H,18,20). The molecule has 1 amide bonds. The first-order valence-electron chi connectivity index (χ1n) is 8.79. The molecule has 0 fully saturated rings. The molecule has 1 N–H and O–H groups in total. The number of hydrogen-bond acceptors (Lipinski definition) is 3. The predicted molar refractivity (Wildman–Crippen MR) is 100 cm³/mol. The zero-order valence-electron chi connectivity index (χ0n) is 14.8. The Hall–Kier alpha value is -0.140. The van der Waals surface area contributed by atoms with Gasteiger partial charge in [0.2, 0.25) is 15.9 Å². The second kappa shape index (κ2) is 13.2. The van der Waals surface area contributed by atoms with Crippen LogP contribution < -0.4 is 5.32 Å². The van der Waals surface area contributed by atoms with E-state index in [1.807, 2.05) is 0 Å². The summed E-state index contributed by atoms with van der Waals surface area (Å²) in [5.74, 6) is -0.0715. The number of unbranched alkanes of at least 4 members (excludes halogenated alkanes) is 6. The van der Waals surface area contributed by atoms with E-state index < -0.39 is 14.2 Å². The van der Waals surface area contributed by atoms with Gasteiger partial charge in [0.1, 0.15) is 4.16 Å². The normalized spacial score (nSPS) is 13.3. The number of carbonyl (C=O) groups excluding carboxylic acids is 1. The molecule has 5 nitrogen and oxygen atoms in total. The second-order valence-electron chi connectivity index (χ2n) is 5.71. The van der Waals surface area contributed by atoms with Gasteiger partial charge in [0.25, 0.3) is 0 Å². The maximum Gasteiger partial charge on any atom is 0.228 e. The van der Waals surface area contributed by atoms with Crippen molar-refractivity contribution in [2.75, 3.05) is 19.6 Å². The first-order valence-corrected chi connectivity index (χ1v) is 11.2. The lowest BCUT2D eigenvalue weighted by atomic mass is 10.1. The fourth-order valence-electron chi connectivity index (χ4n) is 2.38. The smallest absolute Gasteiger partial charge is 0.228 e. The molecule has 0 saturated carbocycles. The number of alkyl halides is 1. The van der Waals surface area contributed by atoms with Crippen molar-refractivity contribution >= 4 is 31.9 Å². The highest BCUT2D eigenvalue weighted by molar-refractivity contribution is 9.11. The average Bonchev–Trinajstić information content (AvgIpc) is 2.52. The molecule has 0 radical (unpaired) electrons. The zero-order chi connectivity index (χ0) is 17.7. The molecule has 0 aliphatic carbocycles. The van der Waals surface area contributed by atoms with Crippen molar-refractivity contribution in [3.63, 3.8) is 0 Å². The Labute approximate surface area is 150 Å². The maximum absolute atomic E-state index is 12.2. The summed E-state index contributed by atoms with van der Waals surface area (Å²) < 4.78 is 25.1. The van der Waals surface area contributed by atoms with Gasteiger partial charge in [-0.15, -0.1) is 0 Å². The summed E-state index contributed by atoms with van der Waals surface area (Å²) >= 11 is 3.18. The molecule has 0 heterocycles. The Morgan fingerprint density at radius 2 is 1.52 bits per heavy atom. The zero-order valence-corrected chi connectivity index (χ0v) is 17.2. The van der Waals surface area contributed by atoms with E-state index >= 15 is 0 Å². The number of amides is 1. The van der Waals surface area contributed by atoms with Crippen LogP contribution in [0.1, 0.15) is 72.1 Å². The van der Waals surface area contributed by atoms with Crippen LogP contribution in [0.25, 0.3) is 0 Å².